The first-order chi connectivity index (χ1) is 19.0. The molecule has 0 bridgehead atoms. The summed E-state index contributed by atoms with van der Waals surface area (Å²) in [6, 6.07) is 29.5. The number of hydrogen-bond donors (Lipinski definition) is 3. The number of Topliss-reactive ketones (excluding diaryl/α,β-unsaturated/α-hetero) is 1. The molecular formula is C33H28N2O4. The van der Waals surface area contributed by atoms with E-state index in [0.717, 1.165) is 28.2 Å². The van der Waals surface area contributed by atoms with Crippen molar-refractivity contribution in [3.63, 3.8) is 0 Å². The molecule has 0 saturated carbocycles. The van der Waals surface area contributed by atoms with Crippen LogP contribution in [-0.4, -0.2) is 23.8 Å². The van der Waals surface area contributed by atoms with Gasteiger partial charge < -0.3 is 20.5 Å². The second-order valence-electron chi connectivity index (χ2n) is 9.92. The van der Waals surface area contributed by atoms with Crippen LogP contribution in [0.15, 0.2) is 108 Å². The van der Waals surface area contributed by atoms with Crippen molar-refractivity contribution in [1.82, 2.24) is 0 Å². The Balaban J connectivity index is 1.45. The highest BCUT2D eigenvalue weighted by Crippen LogP contribution is 2.45. The van der Waals surface area contributed by atoms with Gasteiger partial charge in [0.2, 0.25) is 0 Å². The number of anilines is 2. The largest absolute Gasteiger partial charge is 0.504 e. The number of rotatable bonds is 5. The maximum atomic E-state index is 13.8. The summed E-state index contributed by atoms with van der Waals surface area (Å²) in [6.45, 7) is 0. The number of methoxy groups -OCH3 is 1. The molecule has 0 spiro atoms. The molecule has 0 saturated heterocycles. The average Bonchev–Trinajstić information content (AvgIpc) is 3.14. The average molecular weight is 517 g/mol. The highest BCUT2D eigenvalue weighted by atomic mass is 16.5. The standard InChI is InChI=1S/C33H28N2O4/c1-39-30-19-22(13-15-28(30)36)32-31-27(17-24(18-29(31)37)20-8-4-2-5-9-20)34-26-16-23(12-14-25(26)35-32)33(38)21-10-6-3-7-11-21/h2-16,19,24,32,34-36H,17-18H2,1H3/t24-,32+/m0/s1. The van der Waals surface area contributed by atoms with E-state index in [1.165, 1.54) is 7.11 Å². The minimum Gasteiger partial charge on any atom is -0.504 e. The lowest BCUT2D eigenvalue weighted by Gasteiger charge is -2.30. The number of nitrogens with one attached hydrogen (secondary N) is 2. The Labute approximate surface area is 227 Å². The predicted molar refractivity (Wildman–Crippen MR) is 151 cm³/mol. The van der Waals surface area contributed by atoms with E-state index in [9.17, 15) is 14.7 Å². The van der Waals surface area contributed by atoms with Crippen LogP contribution in [0.1, 0.15) is 51.8 Å². The number of ether oxygens (including phenoxy) is 1. The van der Waals surface area contributed by atoms with Crippen molar-refractivity contribution in [2.75, 3.05) is 17.7 Å². The fraction of sp³-hybridized carbons (Fsp3) is 0.152. The summed E-state index contributed by atoms with van der Waals surface area (Å²) in [4.78, 5) is 27.0. The molecule has 0 amide bonds. The molecule has 1 heterocycles. The van der Waals surface area contributed by atoms with Crippen molar-refractivity contribution in [2.45, 2.75) is 24.8 Å². The molecule has 6 rings (SSSR count). The van der Waals surface area contributed by atoms with Crippen LogP contribution in [0.4, 0.5) is 11.4 Å². The highest BCUT2D eigenvalue weighted by Gasteiger charge is 2.36. The van der Waals surface area contributed by atoms with E-state index in [0.29, 0.717) is 35.3 Å². The summed E-state index contributed by atoms with van der Waals surface area (Å²) in [6.07, 6.45) is 1.04. The molecule has 1 aliphatic heterocycles. The Morgan fingerprint density at radius 2 is 1.56 bits per heavy atom. The van der Waals surface area contributed by atoms with Gasteiger partial charge in [0.15, 0.2) is 23.1 Å². The molecule has 4 aromatic carbocycles. The van der Waals surface area contributed by atoms with Gasteiger partial charge in [-0.1, -0.05) is 66.7 Å². The monoisotopic (exact) mass is 516 g/mol. The van der Waals surface area contributed by atoms with Gasteiger partial charge in [-0.3, -0.25) is 9.59 Å². The molecule has 2 atom stereocenters. The summed E-state index contributed by atoms with van der Waals surface area (Å²) in [5.74, 6) is 0.389. The molecule has 6 nitrogen and oxygen atoms in total. The Morgan fingerprint density at radius 3 is 2.31 bits per heavy atom. The summed E-state index contributed by atoms with van der Waals surface area (Å²) in [5, 5.41) is 17.3. The van der Waals surface area contributed by atoms with Gasteiger partial charge in [-0.15, -0.1) is 0 Å². The molecule has 39 heavy (non-hydrogen) atoms. The molecule has 2 aliphatic rings. The molecule has 0 unspecified atom stereocenters. The number of allylic oxidation sites excluding steroid dienone is 1. The lowest BCUT2D eigenvalue weighted by atomic mass is 9.78. The Kier molecular flexibility index (Phi) is 6.37. The SMILES string of the molecule is COc1cc([C@H]2Nc3ccc(C(=O)c4ccccc4)cc3NC3=C2C(=O)C[C@@H](c2ccccc2)C3)ccc1O. The van der Waals surface area contributed by atoms with E-state index in [-0.39, 0.29) is 23.2 Å². The normalized spacial score (nSPS) is 18.2. The lowest BCUT2D eigenvalue weighted by Crippen LogP contribution is -2.26. The fourth-order valence-electron chi connectivity index (χ4n) is 5.53. The Hall–Kier alpha value is -4.84. The molecule has 0 radical (unpaired) electrons. The number of ketones is 2. The molecule has 6 heteroatoms. The van der Waals surface area contributed by atoms with Gasteiger partial charge in [-0.2, -0.15) is 0 Å². The number of carbonyl (C=O) groups is 2. The van der Waals surface area contributed by atoms with Crippen LogP contribution in [0.5, 0.6) is 11.5 Å². The molecule has 1 aliphatic carbocycles. The van der Waals surface area contributed by atoms with Crippen LogP contribution in [0, 0.1) is 0 Å². The van der Waals surface area contributed by atoms with Gasteiger partial charge in [0.1, 0.15) is 0 Å². The van der Waals surface area contributed by atoms with Crippen molar-refractivity contribution in [3.05, 3.63) is 131 Å². The van der Waals surface area contributed by atoms with E-state index in [1.807, 2.05) is 48.5 Å². The lowest BCUT2D eigenvalue weighted by molar-refractivity contribution is -0.116. The first-order valence-corrected chi connectivity index (χ1v) is 13.0. The van der Waals surface area contributed by atoms with Crippen LogP contribution in [0.25, 0.3) is 0 Å². The van der Waals surface area contributed by atoms with E-state index < -0.39 is 6.04 Å². The quantitative estimate of drug-likeness (QED) is 0.259. The second-order valence-corrected chi connectivity index (χ2v) is 9.92. The number of carbonyl (C=O) groups excluding carboxylic acids is 2. The number of phenolic OH excluding ortho intramolecular Hbond substituents is 1. The maximum Gasteiger partial charge on any atom is 0.193 e. The summed E-state index contributed by atoms with van der Waals surface area (Å²) in [7, 11) is 1.50. The van der Waals surface area contributed by atoms with Crippen LogP contribution >= 0.6 is 0 Å². The van der Waals surface area contributed by atoms with Crippen molar-refractivity contribution in [2.24, 2.45) is 0 Å². The zero-order valence-corrected chi connectivity index (χ0v) is 21.5. The van der Waals surface area contributed by atoms with Crippen LogP contribution in [-0.2, 0) is 4.79 Å². The molecule has 3 N–H and O–H groups in total. The number of fused-ring (bicyclic) bond motifs is 1. The molecule has 4 aromatic rings. The molecule has 194 valence electrons. The minimum atomic E-state index is -0.469. The number of phenols is 1. The van der Waals surface area contributed by atoms with Gasteiger partial charge in [0.05, 0.1) is 24.5 Å². The fourth-order valence-corrected chi connectivity index (χ4v) is 5.53. The van der Waals surface area contributed by atoms with Crippen molar-refractivity contribution >= 4 is 22.9 Å². The minimum absolute atomic E-state index is 0.0331. The van der Waals surface area contributed by atoms with E-state index >= 15 is 0 Å². The van der Waals surface area contributed by atoms with E-state index in [4.69, 9.17) is 4.74 Å². The third-order valence-corrected chi connectivity index (χ3v) is 7.51. The van der Waals surface area contributed by atoms with Crippen LogP contribution < -0.4 is 15.4 Å². The Morgan fingerprint density at radius 1 is 0.821 bits per heavy atom. The summed E-state index contributed by atoms with van der Waals surface area (Å²) in [5.41, 5.74) is 6.08. The third-order valence-electron chi connectivity index (χ3n) is 7.51. The first-order valence-electron chi connectivity index (χ1n) is 13.0. The van der Waals surface area contributed by atoms with E-state index in [1.54, 1.807) is 36.4 Å². The van der Waals surface area contributed by atoms with Gasteiger partial charge in [0, 0.05) is 28.8 Å². The van der Waals surface area contributed by atoms with E-state index in [2.05, 4.69) is 22.8 Å². The van der Waals surface area contributed by atoms with Crippen LogP contribution in [0.3, 0.4) is 0 Å². The summed E-state index contributed by atoms with van der Waals surface area (Å²) >= 11 is 0. The van der Waals surface area contributed by atoms with Gasteiger partial charge in [0.25, 0.3) is 0 Å². The maximum absolute atomic E-state index is 13.8. The number of hydrogen-bond acceptors (Lipinski definition) is 6. The summed E-state index contributed by atoms with van der Waals surface area (Å²) < 4.78 is 5.37. The molecular weight excluding hydrogens is 488 g/mol. The molecule has 0 fully saturated rings. The smallest absolute Gasteiger partial charge is 0.193 e. The van der Waals surface area contributed by atoms with Gasteiger partial charge in [-0.25, -0.2) is 0 Å². The topological polar surface area (TPSA) is 87.7 Å². The van der Waals surface area contributed by atoms with Crippen molar-refractivity contribution in [3.8, 4) is 11.5 Å². The van der Waals surface area contributed by atoms with Crippen LogP contribution in [0.2, 0.25) is 0 Å². The molecule has 0 aromatic heterocycles. The number of benzene rings is 4. The third kappa shape index (κ3) is 4.66. The number of aromatic hydroxyl groups is 1. The Bertz CT molecular complexity index is 1600. The predicted octanol–water partition coefficient (Wildman–Crippen LogP) is 6.61. The second kappa shape index (κ2) is 10.1. The van der Waals surface area contributed by atoms with Crippen molar-refractivity contribution in [1.29, 1.82) is 0 Å². The van der Waals surface area contributed by atoms with Crippen molar-refractivity contribution < 1.29 is 19.4 Å². The zero-order chi connectivity index (χ0) is 26.9. The van der Waals surface area contributed by atoms with Gasteiger partial charge in [-0.05, 0) is 53.8 Å². The first kappa shape index (κ1) is 24.5. The zero-order valence-electron chi connectivity index (χ0n) is 21.5. The van der Waals surface area contributed by atoms with Gasteiger partial charge >= 0.3 is 0 Å². The highest BCUT2D eigenvalue weighted by molar-refractivity contribution is 6.10.